The Hall–Kier alpha value is -2.20. The quantitative estimate of drug-likeness (QED) is 0.590. The maximum atomic E-state index is 13.5. The average molecular weight is 379 g/mol. The molecule has 3 nitrogen and oxygen atoms in total. The van der Waals surface area contributed by atoms with Crippen LogP contribution < -0.4 is 0 Å². The number of carbonyl (C=O) groups excluding carboxylic acids is 1. The highest BCUT2D eigenvalue weighted by Gasteiger charge is 2.27. The van der Waals surface area contributed by atoms with E-state index in [1.165, 1.54) is 11.3 Å². The molecule has 1 saturated heterocycles. The fraction of sp³-hybridized carbons (Fsp3) is 0.391. The fourth-order valence-corrected chi connectivity index (χ4v) is 5.09. The maximum Gasteiger partial charge on any atom is 0.254 e. The number of amides is 1. The number of thiophene rings is 1. The minimum atomic E-state index is 0.139. The second kappa shape index (κ2) is 7.43. The molecule has 3 aromatic rings. The first kappa shape index (κ1) is 18.2. The van der Waals surface area contributed by atoms with Crippen molar-refractivity contribution in [2.75, 3.05) is 13.1 Å². The van der Waals surface area contributed by atoms with Crippen LogP contribution in [-0.2, 0) is 6.42 Å². The molecule has 3 heterocycles. The summed E-state index contributed by atoms with van der Waals surface area (Å²) in [5.41, 5.74) is 2.58. The van der Waals surface area contributed by atoms with Crippen molar-refractivity contribution in [1.82, 2.24) is 9.88 Å². The summed E-state index contributed by atoms with van der Waals surface area (Å²) >= 11 is 1.76. The molecule has 27 heavy (non-hydrogen) atoms. The van der Waals surface area contributed by atoms with Gasteiger partial charge in [0.05, 0.1) is 21.7 Å². The molecule has 2 atom stereocenters. The molecule has 1 aliphatic heterocycles. The molecule has 1 aromatic carbocycles. The molecule has 140 valence electrons. The molecule has 0 aliphatic carbocycles. The van der Waals surface area contributed by atoms with Crippen molar-refractivity contribution >= 4 is 28.1 Å². The molecule has 0 radical (unpaired) electrons. The van der Waals surface area contributed by atoms with Crippen LogP contribution in [0.2, 0.25) is 0 Å². The Morgan fingerprint density at radius 2 is 1.89 bits per heavy atom. The zero-order valence-electron chi connectivity index (χ0n) is 16.2. The number of hydrogen-bond donors (Lipinski definition) is 0. The van der Waals surface area contributed by atoms with Crippen LogP contribution in [0.4, 0.5) is 0 Å². The van der Waals surface area contributed by atoms with Crippen LogP contribution in [0.5, 0.6) is 0 Å². The number of likely N-dealkylation sites (tertiary alicyclic amines) is 1. The number of pyridine rings is 1. The van der Waals surface area contributed by atoms with Gasteiger partial charge in [-0.2, -0.15) is 0 Å². The topological polar surface area (TPSA) is 33.2 Å². The van der Waals surface area contributed by atoms with Crippen molar-refractivity contribution in [3.63, 3.8) is 0 Å². The number of aryl methyl sites for hydroxylation is 1. The summed E-state index contributed by atoms with van der Waals surface area (Å²) in [4.78, 5) is 22.8. The predicted octanol–water partition coefficient (Wildman–Crippen LogP) is 5.64. The Morgan fingerprint density at radius 3 is 2.59 bits per heavy atom. The van der Waals surface area contributed by atoms with Crippen molar-refractivity contribution < 1.29 is 4.79 Å². The van der Waals surface area contributed by atoms with Crippen molar-refractivity contribution in [2.45, 2.75) is 33.6 Å². The first-order chi connectivity index (χ1) is 13.0. The smallest absolute Gasteiger partial charge is 0.254 e. The summed E-state index contributed by atoms with van der Waals surface area (Å²) < 4.78 is 0. The van der Waals surface area contributed by atoms with Crippen molar-refractivity contribution in [2.24, 2.45) is 11.8 Å². The number of fused-ring (bicyclic) bond motifs is 1. The van der Waals surface area contributed by atoms with Gasteiger partial charge in [-0.05, 0) is 48.9 Å². The van der Waals surface area contributed by atoms with Gasteiger partial charge in [0.25, 0.3) is 5.91 Å². The van der Waals surface area contributed by atoms with E-state index in [9.17, 15) is 4.79 Å². The number of nitrogens with zero attached hydrogens (tertiary/aromatic N) is 2. The molecule has 2 unspecified atom stereocenters. The number of benzene rings is 1. The summed E-state index contributed by atoms with van der Waals surface area (Å²) in [6.45, 7) is 8.33. The predicted molar refractivity (Wildman–Crippen MR) is 113 cm³/mol. The Balaban J connectivity index is 1.79. The van der Waals surface area contributed by atoms with Crippen LogP contribution in [0.25, 0.3) is 21.5 Å². The summed E-state index contributed by atoms with van der Waals surface area (Å²) in [6.07, 6.45) is 2.22. The molecule has 1 aliphatic rings. The summed E-state index contributed by atoms with van der Waals surface area (Å²) in [7, 11) is 0. The van der Waals surface area contributed by atoms with E-state index in [4.69, 9.17) is 4.98 Å². The monoisotopic (exact) mass is 378 g/mol. The summed E-state index contributed by atoms with van der Waals surface area (Å²) in [5, 5.41) is 0.949. The van der Waals surface area contributed by atoms with Gasteiger partial charge in [-0.1, -0.05) is 39.0 Å². The molecule has 1 amide bonds. The van der Waals surface area contributed by atoms with Crippen LogP contribution in [-0.4, -0.2) is 28.9 Å². The van der Waals surface area contributed by atoms with Gasteiger partial charge >= 0.3 is 0 Å². The van der Waals surface area contributed by atoms with E-state index in [1.807, 2.05) is 35.2 Å². The maximum absolute atomic E-state index is 13.5. The van der Waals surface area contributed by atoms with E-state index in [-0.39, 0.29) is 5.91 Å². The lowest BCUT2D eigenvalue weighted by Gasteiger charge is -2.35. The van der Waals surface area contributed by atoms with Crippen LogP contribution >= 0.6 is 11.3 Å². The highest BCUT2D eigenvalue weighted by Crippen LogP contribution is 2.32. The van der Waals surface area contributed by atoms with Gasteiger partial charge in [-0.25, -0.2) is 4.98 Å². The number of rotatable bonds is 3. The lowest BCUT2D eigenvalue weighted by Crippen LogP contribution is -2.42. The zero-order chi connectivity index (χ0) is 19.0. The molecular weight excluding hydrogens is 352 g/mol. The van der Waals surface area contributed by atoms with Gasteiger partial charge in [0.1, 0.15) is 0 Å². The van der Waals surface area contributed by atoms with Gasteiger partial charge in [-0.3, -0.25) is 4.79 Å². The second-order valence-electron chi connectivity index (χ2n) is 7.85. The van der Waals surface area contributed by atoms with Crippen LogP contribution in [0.15, 0.2) is 42.5 Å². The molecule has 4 rings (SSSR count). The minimum Gasteiger partial charge on any atom is -0.338 e. The van der Waals surface area contributed by atoms with E-state index < -0.39 is 0 Å². The molecule has 0 N–H and O–H groups in total. The van der Waals surface area contributed by atoms with E-state index >= 15 is 0 Å². The van der Waals surface area contributed by atoms with Crippen LogP contribution in [0.3, 0.4) is 0 Å². The first-order valence-electron chi connectivity index (χ1n) is 9.83. The van der Waals surface area contributed by atoms with Crippen molar-refractivity contribution in [3.8, 4) is 10.6 Å². The molecule has 0 bridgehead atoms. The molecule has 1 fully saturated rings. The van der Waals surface area contributed by atoms with E-state index in [2.05, 4.69) is 32.9 Å². The average Bonchev–Trinajstić information content (AvgIpc) is 3.15. The van der Waals surface area contributed by atoms with E-state index in [1.54, 1.807) is 11.3 Å². The van der Waals surface area contributed by atoms with Gasteiger partial charge in [0.2, 0.25) is 0 Å². The first-order valence-corrected chi connectivity index (χ1v) is 10.6. The third-order valence-corrected chi connectivity index (χ3v) is 6.62. The third-order valence-electron chi connectivity index (χ3n) is 5.37. The van der Waals surface area contributed by atoms with Gasteiger partial charge in [0.15, 0.2) is 0 Å². The Labute approximate surface area is 165 Å². The van der Waals surface area contributed by atoms with Crippen LogP contribution in [0, 0.1) is 11.8 Å². The Morgan fingerprint density at radius 1 is 1.15 bits per heavy atom. The Bertz CT molecular complexity index is 967. The summed E-state index contributed by atoms with van der Waals surface area (Å²) in [5.74, 6) is 1.24. The Kier molecular flexibility index (Phi) is 5.00. The fourth-order valence-electron chi connectivity index (χ4n) is 4.18. The second-order valence-corrected chi connectivity index (χ2v) is 9.02. The van der Waals surface area contributed by atoms with Gasteiger partial charge < -0.3 is 4.90 Å². The largest absolute Gasteiger partial charge is 0.338 e. The zero-order valence-corrected chi connectivity index (χ0v) is 17.1. The third kappa shape index (κ3) is 3.63. The summed E-state index contributed by atoms with van der Waals surface area (Å²) in [6, 6.07) is 14.3. The minimum absolute atomic E-state index is 0.139. The standard InChI is InChI=1S/C23H26N2OS/c1-4-17-9-10-22(27-17)21-12-19(18-7-5-6-8-20(18)24-21)23(26)25-13-15(2)11-16(3)14-25/h5-10,12,15-16H,4,11,13-14H2,1-3H3. The molecular formula is C23H26N2OS. The lowest BCUT2D eigenvalue weighted by molar-refractivity contribution is 0.0625. The molecule has 2 aromatic heterocycles. The van der Waals surface area contributed by atoms with Crippen molar-refractivity contribution in [3.05, 3.63) is 52.9 Å². The van der Waals surface area contributed by atoms with Gasteiger partial charge in [0, 0.05) is 23.4 Å². The highest BCUT2D eigenvalue weighted by atomic mass is 32.1. The van der Waals surface area contributed by atoms with E-state index in [0.29, 0.717) is 11.8 Å². The molecule has 4 heteroatoms. The number of piperidine rings is 1. The number of para-hydroxylation sites is 1. The highest BCUT2D eigenvalue weighted by molar-refractivity contribution is 7.15. The molecule has 0 spiro atoms. The van der Waals surface area contributed by atoms with Crippen molar-refractivity contribution in [1.29, 1.82) is 0 Å². The lowest BCUT2D eigenvalue weighted by atomic mass is 9.91. The number of hydrogen-bond acceptors (Lipinski definition) is 3. The number of aromatic nitrogens is 1. The van der Waals surface area contributed by atoms with Crippen LogP contribution in [0.1, 0.15) is 42.4 Å². The van der Waals surface area contributed by atoms with E-state index in [0.717, 1.165) is 46.5 Å². The SMILES string of the molecule is CCc1ccc(-c2cc(C(=O)N3CC(C)CC(C)C3)c3ccccc3n2)s1. The van der Waals surface area contributed by atoms with Gasteiger partial charge in [-0.15, -0.1) is 11.3 Å². The normalized spacial score (nSPS) is 20.2. The molecule has 0 saturated carbocycles. The number of carbonyl (C=O) groups is 1.